The van der Waals surface area contributed by atoms with Gasteiger partial charge in [-0.15, -0.1) is 0 Å². The van der Waals surface area contributed by atoms with Gasteiger partial charge in [0.05, 0.1) is 0 Å². The van der Waals surface area contributed by atoms with Gasteiger partial charge >= 0.3 is 0 Å². The Morgan fingerprint density at radius 2 is 1.62 bits per heavy atom. The first-order valence-electron chi connectivity index (χ1n) is 3.17. The predicted molar refractivity (Wildman–Crippen MR) is 55.6 cm³/mol. The second-order valence-electron chi connectivity index (χ2n) is 1.43. The van der Waals surface area contributed by atoms with E-state index >= 15 is 0 Å². The van der Waals surface area contributed by atoms with E-state index in [9.17, 15) is 0 Å². The van der Waals surface area contributed by atoms with Gasteiger partial charge < -0.3 is 15.7 Å². The van der Waals surface area contributed by atoms with Gasteiger partial charge in [-0.1, -0.05) is 48.1 Å². The summed E-state index contributed by atoms with van der Waals surface area (Å²) in [6, 6.07) is 0. The molecule has 7 heteroatoms. The van der Waals surface area contributed by atoms with E-state index in [2.05, 4.69) is 6.92 Å². The lowest BCUT2D eigenvalue weighted by atomic mass is 10.4. The summed E-state index contributed by atoms with van der Waals surface area (Å²) in [6.07, 6.45) is 2.04. The SMILES string of the molecule is CCCCO.ClC(Cl)Cl.O.O=CO. The van der Waals surface area contributed by atoms with Crippen molar-refractivity contribution in [1.82, 2.24) is 0 Å². The summed E-state index contributed by atoms with van der Waals surface area (Å²) in [4.78, 5) is 8.36. The minimum atomic E-state index is -0.750. The Kier molecular flexibility index (Phi) is 52.7. The van der Waals surface area contributed by atoms with E-state index in [1.807, 2.05) is 0 Å². The number of aliphatic hydroxyl groups excluding tert-OH is 1. The van der Waals surface area contributed by atoms with Gasteiger partial charge in [0.2, 0.25) is 0 Å². The molecule has 0 unspecified atom stereocenters. The fourth-order valence-corrected chi connectivity index (χ4v) is 0.158. The minimum Gasteiger partial charge on any atom is -0.483 e. The van der Waals surface area contributed by atoms with Gasteiger partial charge in [0.25, 0.3) is 6.47 Å². The summed E-state index contributed by atoms with van der Waals surface area (Å²) in [7, 11) is 0. The van der Waals surface area contributed by atoms with E-state index in [0.717, 1.165) is 12.8 Å². The van der Waals surface area contributed by atoms with Crippen molar-refractivity contribution in [3.05, 3.63) is 0 Å². The molecule has 4 nitrogen and oxygen atoms in total. The van der Waals surface area contributed by atoms with Gasteiger partial charge in [0.15, 0.2) is 4.30 Å². The first-order chi connectivity index (χ1) is 5.56. The Balaban J connectivity index is -0.0000000465. The van der Waals surface area contributed by atoms with E-state index in [0.29, 0.717) is 6.61 Å². The Morgan fingerprint density at radius 1 is 1.38 bits per heavy atom. The Bertz CT molecular complexity index is 68.1. The molecule has 0 aliphatic rings. The first kappa shape index (κ1) is 23.2. The molecule has 4 N–H and O–H groups in total. The van der Waals surface area contributed by atoms with Crippen molar-refractivity contribution < 1.29 is 20.5 Å². The number of unbranched alkanes of at least 4 members (excludes halogenated alkanes) is 1. The third kappa shape index (κ3) is 253. The average molecular weight is 258 g/mol. The maximum absolute atomic E-state index is 8.36. The minimum absolute atomic E-state index is 0. The average Bonchev–Trinajstić information content (AvgIpc) is 1.89. The van der Waals surface area contributed by atoms with Crippen LogP contribution >= 0.6 is 34.8 Å². The molecule has 0 saturated carbocycles. The molecule has 0 atom stereocenters. The fraction of sp³-hybridized carbons (Fsp3) is 0.833. The lowest BCUT2D eigenvalue weighted by molar-refractivity contribution is -0.122. The van der Waals surface area contributed by atoms with Crippen molar-refractivity contribution in [1.29, 1.82) is 0 Å². The van der Waals surface area contributed by atoms with E-state index in [1.165, 1.54) is 0 Å². The summed E-state index contributed by atoms with van der Waals surface area (Å²) in [6.45, 7) is 2.15. The molecular formula is C6H15Cl3O4. The van der Waals surface area contributed by atoms with E-state index in [4.69, 9.17) is 49.8 Å². The molecular weight excluding hydrogens is 242 g/mol. The van der Waals surface area contributed by atoms with Crippen LogP contribution in [-0.4, -0.2) is 33.1 Å². The summed E-state index contributed by atoms with van der Waals surface area (Å²) in [5.74, 6) is 0. The molecule has 0 saturated heterocycles. The van der Waals surface area contributed by atoms with Crippen LogP contribution in [-0.2, 0) is 4.79 Å². The van der Waals surface area contributed by atoms with Crippen LogP contribution in [0.2, 0.25) is 0 Å². The van der Waals surface area contributed by atoms with Crippen molar-refractivity contribution >= 4 is 41.3 Å². The van der Waals surface area contributed by atoms with Crippen molar-refractivity contribution in [2.75, 3.05) is 6.61 Å². The van der Waals surface area contributed by atoms with Crippen LogP contribution in [0.25, 0.3) is 0 Å². The second-order valence-corrected chi connectivity index (χ2v) is 3.41. The summed E-state index contributed by atoms with van der Waals surface area (Å²) in [5.41, 5.74) is 0. The number of halogens is 3. The van der Waals surface area contributed by atoms with Crippen LogP contribution in [0, 0.1) is 0 Å². The Morgan fingerprint density at radius 3 is 1.62 bits per heavy atom. The zero-order chi connectivity index (χ0) is 10.4. The van der Waals surface area contributed by atoms with Crippen molar-refractivity contribution in [2.45, 2.75) is 24.1 Å². The topological polar surface area (TPSA) is 89.0 Å². The molecule has 0 bridgehead atoms. The number of rotatable bonds is 2. The third-order valence-electron chi connectivity index (χ3n) is 0.512. The highest BCUT2D eigenvalue weighted by Gasteiger charge is 1.78. The highest BCUT2D eigenvalue weighted by Crippen LogP contribution is 2.03. The van der Waals surface area contributed by atoms with Gasteiger partial charge in [0.1, 0.15) is 0 Å². The number of carbonyl (C=O) groups is 1. The summed E-state index contributed by atoms with van der Waals surface area (Å²) in [5, 5.41) is 15.0. The van der Waals surface area contributed by atoms with Gasteiger partial charge in [0, 0.05) is 6.61 Å². The molecule has 0 aliphatic carbocycles. The maximum atomic E-state index is 8.36. The standard InChI is InChI=1S/C4H10O.CHCl3.CH2O2.H2O/c1-2-3-4-5;2-1(3)4;2-1-3;/h5H,2-4H2,1H3;1H;1H,(H,2,3);1H2. The largest absolute Gasteiger partial charge is 0.483 e. The quantitative estimate of drug-likeness (QED) is 0.582. The predicted octanol–water partition coefficient (Wildman–Crippen LogP) is 1.64. The van der Waals surface area contributed by atoms with Gasteiger partial charge in [-0.2, -0.15) is 0 Å². The van der Waals surface area contributed by atoms with Crippen LogP contribution in [0.4, 0.5) is 0 Å². The molecule has 0 aromatic carbocycles. The van der Waals surface area contributed by atoms with E-state index in [1.54, 1.807) is 0 Å². The molecule has 84 valence electrons. The van der Waals surface area contributed by atoms with Crippen LogP contribution in [0.1, 0.15) is 19.8 Å². The maximum Gasteiger partial charge on any atom is 0.290 e. The number of hydrogen-bond donors (Lipinski definition) is 2. The molecule has 0 amide bonds. The number of hydrogen-bond acceptors (Lipinski definition) is 2. The molecule has 0 heterocycles. The molecule has 13 heavy (non-hydrogen) atoms. The van der Waals surface area contributed by atoms with Crippen LogP contribution in [0.3, 0.4) is 0 Å². The molecule has 0 aromatic heterocycles. The molecule has 0 radical (unpaired) electrons. The van der Waals surface area contributed by atoms with Crippen LogP contribution < -0.4 is 0 Å². The number of aliphatic hydroxyl groups is 1. The zero-order valence-electron chi connectivity index (χ0n) is 7.21. The van der Waals surface area contributed by atoms with Crippen molar-refractivity contribution in [3.8, 4) is 0 Å². The van der Waals surface area contributed by atoms with E-state index < -0.39 is 4.30 Å². The third-order valence-corrected chi connectivity index (χ3v) is 0.512. The van der Waals surface area contributed by atoms with Crippen LogP contribution in [0.5, 0.6) is 0 Å². The number of carboxylic acid groups (broad SMARTS) is 1. The van der Waals surface area contributed by atoms with Gasteiger partial charge in [-0.25, -0.2) is 0 Å². The van der Waals surface area contributed by atoms with Crippen molar-refractivity contribution in [3.63, 3.8) is 0 Å². The Labute approximate surface area is 92.7 Å². The highest BCUT2D eigenvalue weighted by atomic mass is 35.6. The molecule has 0 aromatic rings. The van der Waals surface area contributed by atoms with Crippen molar-refractivity contribution in [2.24, 2.45) is 0 Å². The molecule has 0 fully saturated rings. The second kappa shape index (κ2) is 29.5. The lowest BCUT2D eigenvalue weighted by Gasteiger charge is -1.79. The smallest absolute Gasteiger partial charge is 0.290 e. The lowest BCUT2D eigenvalue weighted by Crippen LogP contribution is -1.75. The molecule has 0 aliphatic heterocycles. The van der Waals surface area contributed by atoms with Gasteiger partial charge in [-0.3, -0.25) is 4.79 Å². The fourth-order valence-electron chi connectivity index (χ4n) is 0.158. The van der Waals surface area contributed by atoms with Gasteiger partial charge in [-0.05, 0) is 6.42 Å². The monoisotopic (exact) mass is 256 g/mol. The molecule has 0 rings (SSSR count). The van der Waals surface area contributed by atoms with E-state index in [-0.39, 0.29) is 11.9 Å². The zero-order valence-corrected chi connectivity index (χ0v) is 9.48. The number of alkyl halides is 3. The highest BCUT2D eigenvalue weighted by molar-refractivity contribution is 6.63. The molecule has 0 spiro atoms. The van der Waals surface area contributed by atoms with Crippen LogP contribution in [0.15, 0.2) is 0 Å². The first-order valence-corrected chi connectivity index (χ1v) is 4.48. The Hall–Kier alpha value is 0.260. The summed E-state index contributed by atoms with van der Waals surface area (Å²) >= 11 is 14.4. The normalized spacial score (nSPS) is 6.92. The summed E-state index contributed by atoms with van der Waals surface area (Å²) < 4.78 is -0.750.